The molecule has 0 saturated heterocycles. The number of anilines is 1. The Labute approximate surface area is 111 Å². The van der Waals surface area contributed by atoms with Gasteiger partial charge in [-0.15, -0.1) is 0 Å². The maximum atomic E-state index is 9.16. The highest BCUT2D eigenvalue weighted by Gasteiger charge is 2.24. The van der Waals surface area contributed by atoms with Gasteiger partial charge in [-0.3, -0.25) is 0 Å². The van der Waals surface area contributed by atoms with Crippen LogP contribution in [0, 0.1) is 0 Å². The van der Waals surface area contributed by atoms with E-state index in [0.717, 1.165) is 10.0 Å². The monoisotopic (exact) mass is 298 g/mol. The highest BCUT2D eigenvalue weighted by Crippen LogP contribution is 2.31. The number of nitrogens with zero attached hydrogens (tertiary/aromatic N) is 1. The highest BCUT2D eigenvalue weighted by molar-refractivity contribution is 9.10. The molecule has 1 fully saturated rings. The van der Waals surface area contributed by atoms with Crippen LogP contribution in [0.5, 0.6) is 0 Å². The van der Waals surface area contributed by atoms with E-state index in [2.05, 4.69) is 39.0 Å². The molecule has 1 aliphatic carbocycles. The molecule has 0 atom stereocenters. The van der Waals surface area contributed by atoms with Gasteiger partial charge < -0.3 is 15.7 Å². The second kappa shape index (κ2) is 5.85. The third-order valence-corrected chi connectivity index (χ3v) is 4.18. The van der Waals surface area contributed by atoms with E-state index in [1.54, 1.807) is 0 Å². The fourth-order valence-electron chi connectivity index (χ4n) is 2.21. The first-order chi connectivity index (χ1) is 8.26. The number of hydrogen-bond acceptors (Lipinski definition) is 3. The lowest BCUT2D eigenvalue weighted by Gasteiger charge is -2.39. The Kier molecular flexibility index (Phi) is 4.42. The van der Waals surface area contributed by atoms with Gasteiger partial charge in [-0.2, -0.15) is 0 Å². The first-order valence-electron chi connectivity index (χ1n) is 6.12. The average Bonchev–Trinajstić information content (AvgIpc) is 2.26. The molecule has 0 radical (unpaired) electrons. The molecule has 94 valence electrons. The minimum absolute atomic E-state index is 0.201. The van der Waals surface area contributed by atoms with Crippen LogP contribution in [-0.4, -0.2) is 24.3 Å². The fraction of sp³-hybridized carbons (Fsp3) is 0.538. The van der Waals surface area contributed by atoms with E-state index in [9.17, 15) is 0 Å². The Morgan fingerprint density at radius 2 is 2.18 bits per heavy atom. The maximum absolute atomic E-state index is 9.16. The number of aliphatic hydroxyl groups excluding tert-OH is 1. The Morgan fingerprint density at radius 1 is 1.41 bits per heavy atom. The average molecular weight is 299 g/mol. The molecule has 2 rings (SSSR count). The van der Waals surface area contributed by atoms with Gasteiger partial charge in [-0.25, -0.2) is 0 Å². The first-order valence-corrected chi connectivity index (χ1v) is 6.91. The molecule has 0 bridgehead atoms. The quantitative estimate of drug-likeness (QED) is 0.877. The topological polar surface area (TPSA) is 49.5 Å². The molecule has 1 aliphatic rings. The summed E-state index contributed by atoms with van der Waals surface area (Å²) >= 11 is 3.55. The van der Waals surface area contributed by atoms with Crippen LogP contribution in [0.4, 0.5) is 5.69 Å². The lowest BCUT2D eigenvalue weighted by molar-refractivity contribution is 0.283. The van der Waals surface area contributed by atoms with Crippen LogP contribution in [0.25, 0.3) is 0 Å². The Bertz CT molecular complexity index is 380. The van der Waals surface area contributed by atoms with Crippen LogP contribution >= 0.6 is 15.9 Å². The van der Waals surface area contributed by atoms with E-state index in [1.807, 2.05) is 0 Å². The summed E-state index contributed by atoms with van der Waals surface area (Å²) in [6, 6.07) is 6.86. The van der Waals surface area contributed by atoms with Crippen molar-refractivity contribution in [2.45, 2.75) is 31.8 Å². The highest BCUT2D eigenvalue weighted by atomic mass is 79.9. The van der Waals surface area contributed by atoms with E-state index in [4.69, 9.17) is 10.8 Å². The predicted molar refractivity (Wildman–Crippen MR) is 74.1 cm³/mol. The molecule has 1 saturated carbocycles. The van der Waals surface area contributed by atoms with E-state index in [1.165, 1.54) is 24.9 Å². The summed E-state index contributed by atoms with van der Waals surface area (Å²) in [7, 11) is 0. The van der Waals surface area contributed by atoms with E-state index >= 15 is 0 Å². The normalized spacial score (nSPS) is 15.7. The molecule has 3 nitrogen and oxygen atoms in total. The fourth-order valence-corrected chi connectivity index (χ4v) is 2.74. The number of hydrogen-bond donors (Lipinski definition) is 2. The van der Waals surface area contributed by atoms with Gasteiger partial charge in [0.25, 0.3) is 0 Å². The molecule has 0 unspecified atom stereocenters. The van der Waals surface area contributed by atoms with Crippen LogP contribution in [0.1, 0.15) is 24.8 Å². The second-order valence-electron chi connectivity index (χ2n) is 4.48. The van der Waals surface area contributed by atoms with Crippen LogP contribution in [-0.2, 0) is 6.54 Å². The summed E-state index contributed by atoms with van der Waals surface area (Å²) in [5.41, 5.74) is 7.94. The number of nitrogens with two attached hydrogens (primary N) is 1. The number of rotatable bonds is 5. The van der Waals surface area contributed by atoms with E-state index in [0.29, 0.717) is 19.1 Å². The molecule has 0 amide bonds. The summed E-state index contributed by atoms with van der Waals surface area (Å²) in [5, 5.41) is 9.16. The number of aliphatic hydroxyl groups is 1. The van der Waals surface area contributed by atoms with Crippen molar-refractivity contribution in [2.24, 2.45) is 5.73 Å². The predicted octanol–water partition coefficient (Wildman–Crippen LogP) is 2.26. The molecule has 0 aliphatic heterocycles. The minimum Gasteiger partial charge on any atom is -0.395 e. The lowest BCUT2D eigenvalue weighted by Crippen LogP contribution is -2.42. The van der Waals surface area contributed by atoms with Crippen LogP contribution in [0.15, 0.2) is 22.7 Å². The van der Waals surface area contributed by atoms with Gasteiger partial charge in [0.1, 0.15) is 0 Å². The lowest BCUT2D eigenvalue weighted by atomic mass is 9.91. The summed E-state index contributed by atoms with van der Waals surface area (Å²) < 4.78 is 1.06. The van der Waals surface area contributed by atoms with Gasteiger partial charge in [0, 0.05) is 29.3 Å². The van der Waals surface area contributed by atoms with Crippen molar-refractivity contribution >= 4 is 21.6 Å². The van der Waals surface area contributed by atoms with E-state index < -0.39 is 0 Å². The first kappa shape index (κ1) is 12.9. The largest absolute Gasteiger partial charge is 0.395 e. The molecule has 0 heterocycles. The van der Waals surface area contributed by atoms with Crippen molar-refractivity contribution in [3.63, 3.8) is 0 Å². The smallest absolute Gasteiger partial charge is 0.0606 e. The van der Waals surface area contributed by atoms with Gasteiger partial charge in [0.2, 0.25) is 0 Å². The van der Waals surface area contributed by atoms with Crippen molar-refractivity contribution in [2.75, 3.05) is 18.1 Å². The van der Waals surface area contributed by atoms with Crippen LogP contribution in [0.2, 0.25) is 0 Å². The number of halogens is 1. The third kappa shape index (κ3) is 2.81. The summed E-state index contributed by atoms with van der Waals surface area (Å²) in [6.45, 7) is 1.45. The molecule has 0 spiro atoms. The maximum Gasteiger partial charge on any atom is 0.0606 e. The Balaban J connectivity index is 2.19. The summed E-state index contributed by atoms with van der Waals surface area (Å²) in [6.07, 6.45) is 3.77. The van der Waals surface area contributed by atoms with Crippen molar-refractivity contribution in [1.29, 1.82) is 0 Å². The van der Waals surface area contributed by atoms with Gasteiger partial charge in [-0.05, 0) is 37.0 Å². The van der Waals surface area contributed by atoms with Crippen LogP contribution < -0.4 is 10.6 Å². The molecule has 1 aromatic carbocycles. The van der Waals surface area contributed by atoms with Crippen molar-refractivity contribution in [3.8, 4) is 0 Å². The molecule has 0 aromatic heterocycles. The van der Waals surface area contributed by atoms with Crippen molar-refractivity contribution in [3.05, 3.63) is 28.2 Å². The molecule has 3 N–H and O–H groups in total. The number of benzene rings is 1. The Morgan fingerprint density at radius 3 is 2.65 bits per heavy atom. The van der Waals surface area contributed by atoms with Gasteiger partial charge in [0.05, 0.1) is 6.61 Å². The standard InChI is InChI=1S/C13H19BrN2O/c14-13-8-12(5-4-10(13)9-15)16(6-7-17)11-2-1-3-11/h4-5,8,11,17H,1-3,6-7,9,15H2. The molecule has 4 heteroatoms. The van der Waals surface area contributed by atoms with Gasteiger partial charge >= 0.3 is 0 Å². The summed E-state index contributed by atoms with van der Waals surface area (Å²) in [5.74, 6) is 0. The third-order valence-electron chi connectivity index (χ3n) is 3.44. The van der Waals surface area contributed by atoms with Crippen molar-refractivity contribution < 1.29 is 5.11 Å². The molecular formula is C13H19BrN2O. The van der Waals surface area contributed by atoms with Gasteiger partial charge in [-0.1, -0.05) is 22.0 Å². The molecule has 1 aromatic rings. The second-order valence-corrected chi connectivity index (χ2v) is 5.34. The minimum atomic E-state index is 0.201. The zero-order chi connectivity index (χ0) is 12.3. The molecular weight excluding hydrogens is 280 g/mol. The zero-order valence-corrected chi connectivity index (χ0v) is 11.5. The van der Waals surface area contributed by atoms with Crippen molar-refractivity contribution in [1.82, 2.24) is 0 Å². The summed E-state index contributed by atoms with van der Waals surface area (Å²) in [4.78, 5) is 2.30. The Hall–Kier alpha value is -0.580. The van der Waals surface area contributed by atoms with Crippen LogP contribution in [0.3, 0.4) is 0 Å². The SMILES string of the molecule is NCc1ccc(N(CCO)C2CCC2)cc1Br. The van der Waals surface area contributed by atoms with E-state index in [-0.39, 0.29) is 6.61 Å². The molecule has 17 heavy (non-hydrogen) atoms. The van der Waals surface area contributed by atoms with Gasteiger partial charge in [0.15, 0.2) is 0 Å². The zero-order valence-electron chi connectivity index (χ0n) is 9.90.